The number of carbonyl (C=O) groups is 1. The Kier molecular flexibility index (Phi) is 5.49. The molecule has 0 N–H and O–H groups in total. The van der Waals surface area contributed by atoms with Crippen molar-refractivity contribution in [2.24, 2.45) is 0 Å². The summed E-state index contributed by atoms with van der Waals surface area (Å²) in [6.07, 6.45) is 0.338. The minimum Gasteiger partial charge on any atom is -0.486 e. The van der Waals surface area contributed by atoms with Crippen molar-refractivity contribution in [2.45, 2.75) is 19.4 Å². The van der Waals surface area contributed by atoms with E-state index in [1.165, 1.54) is 23.5 Å². The van der Waals surface area contributed by atoms with Crippen LogP contribution in [0.1, 0.15) is 25.9 Å². The van der Waals surface area contributed by atoms with Gasteiger partial charge >= 0.3 is 0 Å². The molecule has 150 valence electrons. The van der Waals surface area contributed by atoms with Gasteiger partial charge in [-0.1, -0.05) is 24.3 Å². The molecule has 0 fully saturated rings. The van der Waals surface area contributed by atoms with E-state index in [-0.39, 0.29) is 17.8 Å². The highest BCUT2D eigenvalue weighted by molar-refractivity contribution is 7.13. The third-order valence-electron chi connectivity index (χ3n) is 4.70. The molecule has 0 saturated carbocycles. The smallest absolute Gasteiger partial charge is 0.265 e. The first-order chi connectivity index (χ1) is 14.0. The van der Waals surface area contributed by atoms with Crippen molar-refractivity contribution >= 4 is 17.2 Å². The molecule has 0 saturated heterocycles. The molecule has 1 amide bonds. The average molecular weight is 412 g/mol. The summed E-state index contributed by atoms with van der Waals surface area (Å²) in [5, 5.41) is 0.831. The summed E-state index contributed by atoms with van der Waals surface area (Å²) >= 11 is 1.38. The Bertz CT molecular complexity index is 1020. The first kappa shape index (κ1) is 19.4. The van der Waals surface area contributed by atoms with E-state index in [1.807, 2.05) is 31.2 Å². The number of nitrogens with zero attached hydrogens (tertiary/aromatic N) is 2. The first-order valence-electron chi connectivity index (χ1n) is 9.34. The second-order valence-corrected chi connectivity index (χ2v) is 8.09. The minimum absolute atomic E-state index is 0.0900. The zero-order valence-electron chi connectivity index (χ0n) is 16.2. The van der Waals surface area contributed by atoms with E-state index in [0.717, 1.165) is 16.3 Å². The summed E-state index contributed by atoms with van der Waals surface area (Å²) in [5.41, 5.74) is 1.66. The van der Waals surface area contributed by atoms with Crippen LogP contribution in [-0.4, -0.2) is 42.1 Å². The fraction of sp³-hybridized carbons (Fsp3) is 0.273. The molecule has 29 heavy (non-hydrogen) atoms. The predicted octanol–water partition coefficient (Wildman–Crippen LogP) is 4.09. The molecule has 7 heteroatoms. The maximum Gasteiger partial charge on any atom is 0.265 e. The normalized spacial score (nSPS) is 15.2. The molecule has 0 bridgehead atoms. The van der Waals surface area contributed by atoms with Crippen LogP contribution < -0.4 is 9.47 Å². The van der Waals surface area contributed by atoms with Crippen molar-refractivity contribution in [1.82, 2.24) is 9.88 Å². The zero-order chi connectivity index (χ0) is 20.4. The van der Waals surface area contributed by atoms with Crippen molar-refractivity contribution in [2.75, 3.05) is 20.2 Å². The van der Waals surface area contributed by atoms with E-state index >= 15 is 0 Å². The topological polar surface area (TPSA) is 51.7 Å². The number of aromatic nitrogens is 1. The standard InChI is InChI=1S/C22H21FN2O3S/c1-14-21(29-20(24-14)11-15-7-9-16(23)10-8-15)22(26)25(2)12-17-13-27-18-5-3-4-6-19(18)28-17/h3-10,17H,11-13H2,1-2H3. The van der Waals surface area contributed by atoms with Gasteiger partial charge in [0.1, 0.15) is 17.3 Å². The summed E-state index contributed by atoms with van der Waals surface area (Å²) in [6, 6.07) is 13.8. The number of likely N-dealkylation sites (N-methyl/N-ethyl adjacent to an activating group) is 1. The summed E-state index contributed by atoms with van der Waals surface area (Å²) in [7, 11) is 1.75. The number of rotatable bonds is 5. The SMILES string of the molecule is Cc1nc(Cc2ccc(F)cc2)sc1C(=O)N(C)CC1COc2ccccc2O1. The van der Waals surface area contributed by atoms with Crippen molar-refractivity contribution < 1.29 is 18.7 Å². The molecule has 1 atom stereocenters. The number of benzene rings is 2. The maximum absolute atomic E-state index is 13.1. The fourth-order valence-electron chi connectivity index (χ4n) is 3.22. The quantitative estimate of drug-likeness (QED) is 0.633. The highest BCUT2D eigenvalue weighted by Gasteiger charge is 2.26. The van der Waals surface area contributed by atoms with Crippen LogP contribution in [0.15, 0.2) is 48.5 Å². The van der Waals surface area contributed by atoms with Gasteiger partial charge in [-0.05, 0) is 36.8 Å². The van der Waals surface area contributed by atoms with E-state index in [1.54, 1.807) is 24.1 Å². The zero-order valence-corrected chi connectivity index (χ0v) is 17.0. The Morgan fingerprint density at radius 1 is 1.21 bits per heavy atom. The van der Waals surface area contributed by atoms with E-state index in [4.69, 9.17) is 9.47 Å². The van der Waals surface area contributed by atoms with Gasteiger partial charge in [0.25, 0.3) is 5.91 Å². The lowest BCUT2D eigenvalue weighted by Gasteiger charge is -2.29. The summed E-state index contributed by atoms with van der Waals surface area (Å²) in [6.45, 7) is 2.64. The third-order valence-corrected chi connectivity index (χ3v) is 5.84. The summed E-state index contributed by atoms with van der Waals surface area (Å²) in [4.78, 5) is 19.7. The number of fused-ring (bicyclic) bond motifs is 1. The van der Waals surface area contributed by atoms with E-state index < -0.39 is 0 Å². The number of para-hydroxylation sites is 2. The van der Waals surface area contributed by atoms with Crippen LogP contribution in [0.5, 0.6) is 11.5 Å². The number of ether oxygens (including phenoxy) is 2. The van der Waals surface area contributed by atoms with Gasteiger partial charge in [-0.3, -0.25) is 4.79 Å². The molecule has 1 aliphatic heterocycles. The number of hydrogen-bond acceptors (Lipinski definition) is 5. The highest BCUT2D eigenvalue weighted by Crippen LogP contribution is 2.31. The van der Waals surface area contributed by atoms with E-state index in [0.29, 0.717) is 35.9 Å². The first-order valence-corrected chi connectivity index (χ1v) is 10.2. The van der Waals surface area contributed by atoms with Gasteiger partial charge in [-0.15, -0.1) is 11.3 Å². The lowest BCUT2D eigenvalue weighted by atomic mass is 10.1. The Morgan fingerprint density at radius 3 is 2.69 bits per heavy atom. The lowest BCUT2D eigenvalue weighted by molar-refractivity contribution is 0.0523. The van der Waals surface area contributed by atoms with Gasteiger partial charge in [-0.25, -0.2) is 9.37 Å². The Labute approximate surface area is 172 Å². The summed E-state index contributed by atoms with van der Waals surface area (Å²) < 4.78 is 24.8. The Hall–Kier alpha value is -2.93. The van der Waals surface area contributed by atoms with Crippen LogP contribution in [0, 0.1) is 12.7 Å². The van der Waals surface area contributed by atoms with Crippen LogP contribution in [0.25, 0.3) is 0 Å². The Morgan fingerprint density at radius 2 is 1.93 bits per heavy atom. The number of thiazole rings is 1. The van der Waals surface area contributed by atoms with Gasteiger partial charge in [0.05, 0.1) is 17.2 Å². The van der Waals surface area contributed by atoms with Gasteiger partial charge in [0, 0.05) is 13.5 Å². The molecule has 0 spiro atoms. The largest absolute Gasteiger partial charge is 0.486 e. The van der Waals surface area contributed by atoms with Crippen LogP contribution in [0.4, 0.5) is 4.39 Å². The number of carbonyl (C=O) groups excluding carboxylic acids is 1. The number of amides is 1. The second kappa shape index (κ2) is 8.21. The molecule has 0 aliphatic carbocycles. The Balaban J connectivity index is 1.41. The van der Waals surface area contributed by atoms with Crippen LogP contribution in [0.2, 0.25) is 0 Å². The molecule has 2 heterocycles. The second-order valence-electron chi connectivity index (χ2n) is 7.01. The molecule has 1 aliphatic rings. The van der Waals surface area contributed by atoms with Crippen LogP contribution in [0.3, 0.4) is 0 Å². The molecule has 3 aromatic rings. The molecule has 4 rings (SSSR count). The monoisotopic (exact) mass is 412 g/mol. The van der Waals surface area contributed by atoms with Gasteiger partial charge < -0.3 is 14.4 Å². The molecular formula is C22H21FN2O3S. The molecule has 5 nitrogen and oxygen atoms in total. The molecule has 2 aromatic carbocycles. The van der Waals surface area contributed by atoms with Crippen molar-refractivity contribution in [1.29, 1.82) is 0 Å². The van der Waals surface area contributed by atoms with Crippen LogP contribution >= 0.6 is 11.3 Å². The fourth-order valence-corrected chi connectivity index (χ4v) is 4.31. The van der Waals surface area contributed by atoms with E-state index in [9.17, 15) is 9.18 Å². The van der Waals surface area contributed by atoms with Crippen molar-refractivity contribution in [3.63, 3.8) is 0 Å². The lowest BCUT2D eigenvalue weighted by Crippen LogP contribution is -2.41. The minimum atomic E-state index is -0.266. The van der Waals surface area contributed by atoms with E-state index in [2.05, 4.69) is 4.98 Å². The maximum atomic E-state index is 13.1. The van der Waals surface area contributed by atoms with Gasteiger partial charge in [-0.2, -0.15) is 0 Å². The third kappa shape index (κ3) is 4.40. The van der Waals surface area contributed by atoms with Crippen LogP contribution in [-0.2, 0) is 6.42 Å². The molecule has 1 aromatic heterocycles. The molecular weight excluding hydrogens is 391 g/mol. The van der Waals surface area contributed by atoms with Gasteiger partial charge in [0.2, 0.25) is 0 Å². The number of aryl methyl sites for hydroxylation is 1. The average Bonchev–Trinajstić information content (AvgIpc) is 3.09. The van der Waals surface area contributed by atoms with Crippen molar-refractivity contribution in [3.05, 3.63) is 75.5 Å². The predicted molar refractivity (Wildman–Crippen MR) is 109 cm³/mol. The van der Waals surface area contributed by atoms with Crippen molar-refractivity contribution in [3.8, 4) is 11.5 Å². The number of halogens is 1. The molecule has 0 radical (unpaired) electrons. The summed E-state index contributed by atoms with van der Waals surface area (Å²) in [5.74, 6) is 1.06. The highest BCUT2D eigenvalue weighted by atomic mass is 32.1. The van der Waals surface area contributed by atoms with Gasteiger partial charge in [0.15, 0.2) is 17.6 Å². The number of hydrogen-bond donors (Lipinski definition) is 0. The molecule has 1 unspecified atom stereocenters.